The molecule has 268 valence electrons. The molecule has 0 radical (unpaired) electrons. The highest BCUT2D eigenvalue weighted by atomic mass is 16.6. The number of ether oxygens (including phenoxy) is 4. The van der Waals surface area contributed by atoms with Crippen LogP contribution >= 0.6 is 0 Å². The zero-order valence-corrected chi connectivity index (χ0v) is 29.7. The molecule has 0 saturated carbocycles. The Balaban J connectivity index is 1.86. The zero-order chi connectivity index (χ0) is 35.6. The minimum Gasteiger partial charge on any atom is -0.457 e. The lowest BCUT2D eigenvalue weighted by molar-refractivity contribution is -0.157. The van der Waals surface area contributed by atoms with Gasteiger partial charge in [0.05, 0.1) is 36.4 Å². The van der Waals surface area contributed by atoms with E-state index in [1.165, 1.54) is 6.92 Å². The lowest BCUT2D eigenvalue weighted by Crippen LogP contribution is -2.52. The molecule has 11 nitrogen and oxygen atoms in total. The van der Waals surface area contributed by atoms with E-state index in [1.54, 1.807) is 63.7 Å². The molecule has 3 rings (SSSR count). The lowest BCUT2D eigenvalue weighted by atomic mass is 9.87. The van der Waals surface area contributed by atoms with E-state index in [0.717, 1.165) is 12.0 Å². The number of epoxide rings is 1. The Morgan fingerprint density at radius 1 is 1.25 bits per heavy atom. The molecular weight excluding hydrogens is 616 g/mol. The first-order valence-corrected chi connectivity index (χ1v) is 16.9. The molecule has 1 saturated heterocycles. The molecule has 48 heavy (non-hydrogen) atoms. The van der Waals surface area contributed by atoms with E-state index in [4.69, 9.17) is 18.9 Å². The lowest BCUT2D eigenvalue weighted by Gasteiger charge is -2.32. The van der Waals surface area contributed by atoms with Crippen LogP contribution in [0.25, 0.3) is 0 Å². The number of aromatic nitrogens is 1. The monoisotopic (exact) mass is 672 g/mol. The number of esters is 2. The molecule has 0 aromatic carbocycles. The summed E-state index contributed by atoms with van der Waals surface area (Å²) in [6.45, 7) is 12.9. The van der Waals surface area contributed by atoms with Gasteiger partial charge in [0, 0.05) is 44.8 Å². The second-order valence-electron chi connectivity index (χ2n) is 13.8. The predicted molar refractivity (Wildman–Crippen MR) is 182 cm³/mol. The van der Waals surface area contributed by atoms with Crippen LogP contribution in [-0.2, 0) is 35.1 Å². The Bertz CT molecular complexity index is 1270. The first kappa shape index (κ1) is 39.5. The molecule has 1 aromatic heterocycles. The fourth-order valence-electron chi connectivity index (χ4n) is 6.40. The minimum absolute atomic E-state index is 0.0353. The normalized spacial score (nSPS) is 32.6. The smallest absolute Gasteiger partial charge is 0.309 e. The van der Waals surface area contributed by atoms with Crippen molar-refractivity contribution < 1.29 is 43.9 Å². The first-order valence-electron chi connectivity index (χ1n) is 16.9. The van der Waals surface area contributed by atoms with Gasteiger partial charge in [0.1, 0.15) is 23.9 Å². The van der Waals surface area contributed by atoms with Gasteiger partial charge in [0.25, 0.3) is 0 Å². The van der Waals surface area contributed by atoms with Gasteiger partial charge in [-0.2, -0.15) is 0 Å². The van der Waals surface area contributed by atoms with E-state index in [2.05, 4.69) is 24.1 Å². The maximum Gasteiger partial charge on any atom is 0.309 e. The molecule has 1 aromatic rings. The van der Waals surface area contributed by atoms with Crippen LogP contribution in [0.1, 0.15) is 79.7 Å². The Morgan fingerprint density at radius 3 is 2.56 bits per heavy atom. The molecule has 3 heterocycles. The average molecular weight is 673 g/mol. The third kappa shape index (κ3) is 11.3. The SMILES string of the molecule is CC[C@H](OC)[C@@H](C)[C@H]1O[C@@H]1C(NCc1ccncc1)C(C)(O)/C=C/C=C(\C)C1OC(=O)C[C@H](O)CC[C@@](C)(O)[C@@H](OC(C)=O)/C=C/[C@@H]1C. The topological polar surface area (TPSA) is 160 Å². The fourth-order valence-corrected chi connectivity index (χ4v) is 6.40. The second-order valence-corrected chi connectivity index (χ2v) is 13.8. The van der Waals surface area contributed by atoms with Crippen LogP contribution in [0.3, 0.4) is 0 Å². The van der Waals surface area contributed by atoms with Crippen LogP contribution in [0.4, 0.5) is 0 Å². The van der Waals surface area contributed by atoms with E-state index in [-0.39, 0.29) is 49.4 Å². The molecule has 0 bridgehead atoms. The summed E-state index contributed by atoms with van der Waals surface area (Å²) in [7, 11) is 1.70. The molecule has 3 unspecified atom stereocenters. The van der Waals surface area contributed by atoms with E-state index < -0.39 is 47.5 Å². The molecular formula is C37H56N2O9. The summed E-state index contributed by atoms with van der Waals surface area (Å²) in [5.74, 6) is -1.36. The molecule has 0 amide bonds. The Labute approximate surface area is 285 Å². The van der Waals surface area contributed by atoms with Gasteiger partial charge in [-0.15, -0.1) is 0 Å². The number of nitrogens with zero attached hydrogens (tertiary/aromatic N) is 1. The van der Waals surface area contributed by atoms with Crippen molar-refractivity contribution in [2.45, 2.75) is 135 Å². The molecule has 11 heteroatoms. The van der Waals surface area contributed by atoms with E-state index >= 15 is 0 Å². The summed E-state index contributed by atoms with van der Waals surface area (Å²) in [5, 5.41) is 36.9. The maximum atomic E-state index is 12.9. The summed E-state index contributed by atoms with van der Waals surface area (Å²) >= 11 is 0. The largest absolute Gasteiger partial charge is 0.457 e. The molecule has 2 aliphatic rings. The Hall–Kier alpha value is -2.93. The van der Waals surface area contributed by atoms with E-state index in [0.29, 0.717) is 12.1 Å². The van der Waals surface area contributed by atoms with Crippen LogP contribution in [0.2, 0.25) is 0 Å². The molecule has 11 atom stereocenters. The number of carbonyl (C=O) groups is 2. The minimum atomic E-state index is -1.45. The van der Waals surface area contributed by atoms with Crippen molar-refractivity contribution in [3.8, 4) is 0 Å². The quantitative estimate of drug-likeness (QED) is 0.104. The number of pyridine rings is 1. The first-order chi connectivity index (χ1) is 22.6. The summed E-state index contributed by atoms with van der Waals surface area (Å²) in [4.78, 5) is 28.8. The van der Waals surface area contributed by atoms with Gasteiger partial charge in [-0.1, -0.05) is 45.1 Å². The van der Waals surface area contributed by atoms with Crippen molar-refractivity contribution >= 4 is 11.9 Å². The van der Waals surface area contributed by atoms with Crippen molar-refractivity contribution in [3.05, 3.63) is 66.0 Å². The number of hydrogen-bond acceptors (Lipinski definition) is 11. The number of methoxy groups -OCH3 is 1. The number of aliphatic hydroxyl groups excluding tert-OH is 1. The van der Waals surface area contributed by atoms with Crippen LogP contribution in [0, 0.1) is 11.8 Å². The predicted octanol–water partition coefficient (Wildman–Crippen LogP) is 3.95. The highest BCUT2D eigenvalue weighted by Gasteiger charge is 2.54. The van der Waals surface area contributed by atoms with Crippen molar-refractivity contribution in [2.75, 3.05) is 7.11 Å². The summed E-state index contributed by atoms with van der Waals surface area (Å²) in [6, 6.07) is 3.38. The number of rotatable bonds is 13. The van der Waals surface area contributed by atoms with Crippen LogP contribution < -0.4 is 5.32 Å². The zero-order valence-electron chi connectivity index (χ0n) is 29.7. The maximum absolute atomic E-state index is 12.9. The number of allylic oxidation sites excluding steroid dienone is 2. The number of nitrogens with one attached hydrogen (secondary N) is 1. The Morgan fingerprint density at radius 2 is 1.94 bits per heavy atom. The summed E-state index contributed by atoms with van der Waals surface area (Å²) in [6.07, 6.45) is 9.85. The average Bonchev–Trinajstić information content (AvgIpc) is 3.81. The van der Waals surface area contributed by atoms with Crippen LogP contribution in [0.15, 0.2) is 60.5 Å². The Kier molecular flexibility index (Phi) is 14.5. The van der Waals surface area contributed by atoms with Crippen molar-refractivity contribution in [3.63, 3.8) is 0 Å². The number of aliphatic hydroxyl groups is 3. The van der Waals surface area contributed by atoms with Crippen molar-refractivity contribution in [1.82, 2.24) is 10.3 Å². The van der Waals surface area contributed by atoms with Gasteiger partial charge < -0.3 is 39.6 Å². The molecule has 0 spiro atoms. The number of cyclic esters (lactones) is 1. The number of carbonyl (C=O) groups excluding carboxylic acids is 2. The van der Waals surface area contributed by atoms with Crippen LogP contribution in [-0.4, -0.2) is 93.2 Å². The third-order valence-corrected chi connectivity index (χ3v) is 9.46. The van der Waals surface area contributed by atoms with Crippen molar-refractivity contribution in [2.24, 2.45) is 11.8 Å². The molecule has 4 N–H and O–H groups in total. The number of hydrogen-bond donors (Lipinski definition) is 4. The van der Waals surface area contributed by atoms with Crippen molar-refractivity contribution in [1.29, 1.82) is 0 Å². The molecule has 0 aliphatic carbocycles. The summed E-state index contributed by atoms with van der Waals surface area (Å²) in [5.41, 5.74) is -1.07. The van der Waals surface area contributed by atoms with Gasteiger partial charge in [-0.25, -0.2) is 0 Å². The second kappa shape index (κ2) is 17.6. The van der Waals surface area contributed by atoms with Gasteiger partial charge in [0.15, 0.2) is 0 Å². The van der Waals surface area contributed by atoms with Gasteiger partial charge in [-0.3, -0.25) is 14.6 Å². The van der Waals surface area contributed by atoms with Gasteiger partial charge >= 0.3 is 11.9 Å². The third-order valence-electron chi connectivity index (χ3n) is 9.46. The standard InChI is InChI=1S/C37H56N2O9/c1-9-29(45-8)25(4)33-34(48-33)35(39-22-27-15-19-38-20-16-27)37(7,44)17-10-11-23(2)32-24(3)12-13-30(46-26(5)40)36(6,43)18-14-28(41)21-31(42)47-32/h10-13,15-17,19-20,24-25,28-30,32-35,39,41,43-44H,9,14,18,21-22H2,1-8H3/b13-12+,17-10+,23-11+/t24-,25+,28+,29-,30-,32?,33+,34-,35?,36+,37?/m0/s1. The molecule has 2 aliphatic heterocycles. The van der Waals surface area contributed by atoms with Gasteiger partial charge in [-0.05, 0) is 69.4 Å². The molecule has 1 fully saturated rings. The van der Waals surface area contributed by atoms with E-state index in [9.17, 15) is 24.9 Å². The van der Waals surface area contributed by atoms with Crippen LogP contribution in [0.5, 0.6) is 0 Å². The van der Waals surface area contributed by atoms with Gasteiger partial charge in [0.2, 0.25) is 0 Å². The summed E-state index contributed by atoms with van der Waals surface area (Å²) < 4.78 is 23.1. The highest BCUT2D eigenvalue weighted by molar-refractivity contribution is 5.70. The van der Waals surface area contributed by atoms with E-state index in [1.807, 2.05) is 26.0 Å². The fraction of sp³-hybridized carbons (Fsp3) is 0.649. The highest BCUT2D eigenvalue weighted by Crippen LogP contribution is 2.39.